The van der Waals surface area contributed by atoms with Crippen molar-refractivity contribution < 1.29 is 4.79 Å². The van der Waals surface area contributed by atoms with Gasteiger partial charge < -0.3 is 10.2 Å². The lowest BCUT2D eigenvalue weighted by atomic mass is 9.85. The van der Waals surface area contributed by atoms with Crippen LogP contribution in [-0.4, -0.2) is 29.0 Å². The highest BCUT2D eigenvalue weighted by molar-refractivity contribution is 7.11. The number of rotatable bonds is 5. The molecule has 0 atom stereocenters. The summed E-state index contributed by atoms with van der Waals surface area (Å²) in [6, 6.07) is 8.10. The molecule has 1 aliphatic heterocycles. The van der Waals surface area contributed by atoms with Crippen LogP contribution in [0.2, 0.25) is 0 Å². The number of piperidine rings is 1. The highest BCUT2D eigenvalue weighted by Gasteiger charge is 2.29. The van der Waals surface area contributed by atoms with Crippen LogP contribution in [0.4, 0.5) is 11.5 Å². The van der Waals surface area contributed by atoms with Gasteiger partial charge in [0.1, 0.15) is 11.6 Å². The van der Waals surface area contributed by atoms with Gasteiger partial charge in [0.25, 0.3) is 0 Å². The van der Waals surface area contributed by atoms with Gasteiger partial charge in [0, 0.05) is 40.9 Å². The monoisotopic (exact) mass is 434 g/mol. The van der Waals surface area contributed by atoms with E-state index in [9.17, 15) is 4.79 Å². The topological polar surface area (TPSA) is 58.1 Å². The lowest BCUT2D eigenvalue weighted by Gasteiger charge is -2.33. The fourth-order valence-electron chi connectivity index (χ4n) is 4.73. The molecule has 1 saturated carbocycles. The van der Waals surface area contributed by atoms with Crippen molar-refractivity contribution in [1.82, 2.24) is 9.97 Å². The van der Waals surface area contributed by atoms with Crippen molar-refractivity contribution in [3.05, 3.63) is 45.9 Å². The Labute approximate surface area is 187 Å². The van der Waals surface area contributed by atoms with Crippen LogP contribution in [0.3, 0.4) is 0 Å². The Morgan fingerprint density at radius 2 is 1.94 bits per heavy atom. The maximum Gasteiger partial charge on any atom is 0.227 e. The molecule has 1 N–H and O–H groups in total. The highest BCUT2D eigenvalue weighted by atomic mass is 32.1. The molecule has 5 nitrogen and oxygen atoms in total. The van der Waals surface area contributed by atoms with Crippen molar-refractivity contribution in [3.63, 3.8) is 0 Å². The summed E-state index contributed by atoms with van der Waals surface area (Å²) >= 11 is 1.76. The highest BCUT2D eigenvalue weighted by Crippen LogP contribution is 2.39. The van der Waals surface area contributed by atoms with Crippen LogP contribution in [0.25, 0.3) is 10.9 Å². The Kier molecular flexibility index (Phi) is 5.65. The lowest BCUT2D eigenvalue weighted by Crippen LogP contribution is -2.39. The average Bonchev–Trinajstić information content (AvgIpc) is 3.13. The minimum absolute atomic E-state index is 0.0492. The molecule has 2 aliphatic rings. The molecule has 3 heterocycles. The zero-order valence-corrected chi connectivity index (χ0v) is 19.2. The standard InChI is InChI=1S/C25H30N4OS/c1-3-17-7-4-5-10-20(17)27-25(30)19-11-13-29(14-12-19)24-22-16(2)31-15-21(22)26-23(28-24)18-8-6-9-18/h4-5,7,10,15,18-19H,3,6,8-9,11-14H2,1-2H3,(H,27,30). The Hall–Kier alpha value is -2.47. The summed E-state index contributed by atoms with van der Waals surface area (Å²) in [5, 5.41) is 6.55. The summed E-state index contributed by atoms with van der Waals surface area (Å²) in [5.74, 6) is 2.82. The fourth-order valence-corrected chi connectivity index (χ4v) is 5.50. The van der Waals surface area contributed by atoms with Crippen molar-refractivity contribution in [2.24, 2.45) is 5.92 Å². The summed E-state index contributed by atoms with van der Waals surface area (Å²) in [4.78, 5) is 26.6. The number of hydrogen-bond donors (Lipinski definition) is 1. The number of benzene rings is 1. The van der Waals surface area contributed by atoms with E-state index < -0.39 is 0 Å². The summed E-state index contributed by atoms with van der Waals surface area (Å²) in [6.07, 6.45) is 6.32. The van der Waals surface area contributed by atoms with Gasteiger partial charge in [-0.3, -0.25) is 4.79 Å². The minimum Gasteiger partial charge on any atom is -0.356 e. The van der Waals surface area contributed by atoms with Crippen molar-refractivity contribution in [2.75, 3.05) is 23.3 Å². The number of amides is 1. The quantitative estimate of drug-likeness (QED) is 0.561. The number of nitrogens with one attached hydrogen (secondary N) is 1. The van der Waals surface area contributed by atoms with E-state index >= 15 is 0 Å². The first-order valence-corrected chi connectivity index (χ1v) is 12.4. The van der Waals surface area contributed by atoms with Gasteiger partial charge in [-0.25, -0.2) is 9.97 Å². The smallest absolute Gasteiger partial charge is 0.227 e. The molecule has 5 rings (SSSR count). The second-order valence-electron chi connectivity index (χ2n) is 8.85. The van der Waals surface area contributed by atoms with Crippen LogP contribution in [-0.2, 0) is 11.2 Å². The van der Waals surface area contributed by atoms with Gasteiger partial charge in [-0.1, -0.05) is 31.5 Å². The van der Waals surface area contributed by atoms with Crippen LogP contribution in [0.1, 0.15) is 61.2 Å². The first-order chi connectivity index (χ1) is 15.1. The van der Waals surface area contributed by atoms with Crippen molar-refractivity contribution in [2.45, 2.75) is 58.3 Å². The number of carbonyl (C=O) groups is 1. The molecule has 1 amide bonds. The number of carbonyl (C=O) groups excluding carboxylic acids is 1. The molecule has 1 saturated heterocycles. The fraction of sp³-hybridized carbons (Fsp3) is 0.480. The number of thiophene rings is 1. The van der Waals surface area contributed by atoms with Crippen LogP contribution in [0, 0.1) is 12.8 Å². The third kappa shape index (κ3) is 3.93. The average molecular weight is 435 g/mol. The molecule has 6 heteroatoms. The second kappa shape index (κ2) is 8.58. The Morgan fingerprint density at radius 1 is 1.16 bits per heavy atom. The Balaban J connectivity index is 1.32. The van der Waals surface area contributed by atoms with Gasteiger partial charge in [-0.05, 0) is 50.7 Å². The second-order valence-corrected chi connectivity index (χ2v) is 9.93. The van der Waals surface area contributed by atoms with Gasteiger partial charge in [0.05, 0.1) is 10.9 Å². The summed E-state index contributed by atoms with van der Waals surface area (Å²) in [5.41, 5.74) is 3.23. The van der Waals surface area contributed by atoms with Gasteiger partial charge in [-0.15, -0.1) is 11.3 Å². The number of para-hydroxylation sites is 1. The van der Waals surface area contributed by atoms with E-state index in [0.717, 1.165) is 55.2 Å². The zero-order chi connectivity index (χ0) is 21.4. The van der Waals surface area contributed by atoms with Gasteiger partial charge in [0.2, 0.25) is 5.91 Å². The maximum absolute atomic E-state index is 12.9. The molecule has 2 fully saturated rings. The van der Waals surface area contributed by atoms with Gasteiger partial charge in [-0.2, -0.15) is 0 Å². The molecular formula is C25H30N4OS. The first kappa shape index (κ1) is 20.4. The van der Waals surface area contributed by atoms with E-state index in [1.165, 1.54) is 35.1 Å². The number of nitrogens with zero attached hydrogens (tertiary/aromatic N) is 3. The van der Waals surface area contributed by atoms with E-state index in [0.29, 0.717) is 5.92 Å². The molecule has 0 radical (unpaired) electrons. The maximum atomic E-state index is 12.9. The van der Waals surface area contributed by atoms with E-state index in [-0.39, 0.29) is 11.8 Å². The molecule has 1 aliphatic carbocycles. The third-order valence-corrected chi connectivity index (χ3v) is 7.83. The van der Waals surface area contributed by atoms with E-state index in [2.05, 4.69) is 35.5 Å². The number of fused-ring (bicyclic) bond motifs is 1. The predicted molar refractivity (Wildman–Crippen MR) is 128 cm³/mol. The summed E-state index contributed by atoms with van der Waals surface area (Å²) in [6.45, 7) is 6.00. The summed E-state index contributed by atoms with van der Waals surface area (Å²) in [7, 11) is 0. The number of anilines is 2. The number of aryl methyl sites for hydroxylation is 2. The normalized spacial score (nSPS) is 17.7. The molecule has 0 spiro atoms. The van der Waals surface area contributed by atoms with Crippen molar-refractivity contribution in [3.8, 4) is 0 Å². The van der Waals surface area contributed by atoms with E-state index in [1.54, 1.807) is 11.3 Å². The lowest BCUT2D eigenvalue weighted by molar-refractivity contribution is -0.120. The van der Waals surface area contributed by atoms with E-state index in [1.807, 2.05) is 18.2 Å². The van der Waals surface area contributed by atoms with E-state index in [4.69, 9.17) is 9.97 Å². The summed E-state index contributed by atoms with van der Waals surface area (Å²) < 4.78 is 0. The number of hydrogen-bond acceptors (Lipinski definition) is 5. The predicted octanol–water partition coefficient (Wildman–Crippen LogP) is 5.68. The third-order valence-electron chi connectivity index (χ3n) is 6.93. The minimum atomic E-state index is 0.0492. The Bertz CT molecular complexity index is 1100. The number of aromatic nitrogens is 2. The molecule has 0 unspecified atom stereocenters. The molecular weight excluding hydrogens is 404 g/mol. The molecule has 1 aromatic carbocycles. The van der Waals surface area contributed by atoms with Crippen LogP contribution >= 0.6 is 11.3 Å². The van der Waals surface area contributed by atoms with Gasteiger partial charge in [0.15, 0.2) is 0 Å². The molecule has 0 bridgehead atoms. The SMILES string of the molecule is CCc1ccccc1NC(=O)C1CCN(c2nc(C3CCC3)nc3csc(C)c23)CC1. The van der Waals surface area contributed by atoms with Crippen LogP contribution < -0.4 is 10.2 Å². The largest absolute Gasteiger partial charge is 0.356 e. The zero-order valence-electron chi connectivity index (χ0n) is 18.4. The van der Waals surface area contributed by atoms with Crippen LogP contribution in [0.5, 0.6) is 0 Å². The molecule has 162 valence electrons. The molecule has 3 aromatic rings. The van der Waals surface area contributed by atoms with Crippen LogP contribution in [0.15, 0.2) is 29.6 Å². The van der Waals surface area contributed by atoms with Crippen molar-refractivity contribution in [1.29, 1.82) is 0 Å². The van der Waals surface area contributed by atoms with Crippen molar-refractivity contribution >= 4 is 39.7 Å². The molecule has 2 aromatic heterocycles. The molecule has 31 heavy (non-hydrogen) atoms. The first-order valence-electron chi connectivity index (χ1n) is 11.5. The Morgan fingerprint density at radius 3 is 2.65 bits per heavy atom. The van der Waals surface area contributed by atoms with Gasteiger partial charge >= 0.3 is 0 Å².